The third-order valence-electron chi connectivity index (χ3n) is 2.76. The first-order valence-electron chi connectivity index (χ1n) is 5.49. The fraction of sp³-hybridized carbons (Fsp3) is 0.727. The Balaban J connectivity index is 1.97. The van der Waals surface area contributed by atoms with E-state index in [1.165, 1.54) is 19.3 Å². The molecule has 1 saturated carbocycles. The molecule has 1 fully saturated rings. The van der Waals surface area contributed by atoms with E-state index in [2.05, 4.69) is 11.9 Å². The molecule has 4 heteroatoms. The van der Waals surface area contributed by atoms with Crippen LogP contribution >= 0.6 is 22.9 Å². The summed E-state index contributed by atoms with van der Waals surface area (Å²) >= 11 is 7.40. The standard InChI is InChI=1S/C11H16ClNOS/c1-2-10(14-9-4-3-5-9)11-13-8(6-12)7-15-11/h7,9-10H,2-6H2,1H3. The molecule has 0 bridgehead atoms. The van der Waals surface area contributed by atoms with Gasteiger partial charge in [-0.2, -0.15) is 0 Å². The topological polar surface area (TPSA) is 22.1 Å². The fourth-order valence-corrected chi connectivity index (χ4v) is 2.77. The Morgan fingerprint density at radius 3 is 2.93 bits per heavy atom. The number of halogens is 1. The van der Waals surface area contributed by atoms with Crippen LogP contribution in [0.4, 0.5) is 0 Å². The van der Waals surface area contributed by atoms with Crippen molar-refractivity contribution in [3.8, 4) is 0 Å². The lowest BCUT2D eigenvalue weighted by molar-refractivity contribution is -0.0544. The quantitative estimate of drug-likeness (QED) is 0.734. The van der Waals surface area contributed by atoms with Crippen LogP contribution in [-0.2, 0) is 10.6 Å². The van der Waals surface area contributed by atoms with Gasteiger partial charge in [-0.3, -0.25) is 0 Å². The van der Waals surface area contributed by atoms with Crippen molar-refractivity contribution in [2.45, 2.75) is 50.7 Å². The number of aromatic nitrogens is 1. The molecule has 0 aliphatic heterocycles. The number of hydrogen-bond donors (Lipinski definition) is 0. The number of rotatable bonds is 5. The number of ether oxygens (including phenoxy) is 1. The summed E-state index contributed by atoms with van der Waals surface area (Å²) < 4.78 is 5.98. The van der Waals surface area contributed by atoms with Crippen LogP contribution in [0.2, 0.25) is 0 Å². The average Bonchev–Trinajstić information content (AvgIpc) is 2.65. The van der Waals surface area contributed by atoms with Crippen molar-refractivity contribution in [1.82, 2.24) is 4.98 Å². The van der Waals surface area contributed by atoms with Crippen LogP contribution in [0.25, 0.3) is 0 Å². The van der Waals surface area contributed by atoms with Gasteiger partial charge in [0.25, 0.3) is 0 Å². The second-order valence-corrected chi connectivity index (χ2v) is 5.05. The molecule has 1 aromatic heterocycles. The first kappa shape index (κ1) is 11.4. The van der Waals surface area contributed by atoms with Crippen LogP contribution in [0, 0.1) is 0 Å². The molecule has 1 unspecified atom stereocenters. The Kier molecular flexibility index (Phi) is 4.00. The van der Waals surface area contributed by atoms with Crippen LogP contribution < -0.4 is 0 Å². The van der Waals surface area contributed by atoms with Crippen LogP contribution in [0.5, 0.6) is 0 Å². The fourth-order valence-electron chi connectivity index (χ4n) is 1.60. The lowest BCUT2D eigenvalue weighted by Crippen LogP contribution is -2.23. The van der Waals surface area contributed by atoms with E-state index in [9.17, 15) is 0 Å². The molecule has 0 aromatic carbocycles. The molecule has 0 spiro atoms. The summed E-state index contributed by atoms with van der Waals surface area (Å²) in [5, 5.41) is 3.11. The molecule has 1 aromatic rings. The highest BCUT2D eigenvalue weighted by Gasteiger charge is 2.24. The molecule has 2 rings (SSSR count). The maximum absolute atomic E-state index is 5.98. The zero-order valence-corrected chi connectivity index (χ0v) is 10.5. The highest BCUT2D eigenvalue weighted by atomic mass is 35.5. The predicted octanol–water partition coefficient (Wildman–Crippen LogP) is 3.90. The van der Waals surface area contributed by atoms with Gasteiger partial charge in [-0.05, 0) is 25.7 Å². The molecule has 1 aliphatic rings. The zero-order chi connectivity index (χ0) is 10.7. The van der Waals surface area contributed by atoms with Crippen molar-refractivity contribution >= 4 is 22.9 Å². The van der Waals surface area contributed by atoms with Gasteiger partial charge in [-0.15, -0.1) is 22.9 Å². The zero-order valence-electron chi connectivity index (χ0n) is 8.91. The smallest absolute Gasteiger partial charge is 0.122 e. The van der Waals surface area contributed by atoms with Gasteiger partial charge in [-0.25, -0.2) is 4.98 Å². The van der Waals surface area contributed by atoms with E-state index in [0.717, 1.165) is 17.1 Å². The summed E-state index contributed by atoms with van der Waals surface area (Å²) in [5.74, 6) is 0.496. The SMILES string of the molecule is CCC(OC1CCC1)c1nc(CCl)cs1. The lowest BCUT2D eigenvalue weighted by atomic mass is 9.96. The van der Waals surface area contributed by atoms with Crippen molar-refractivity contribution in [3.05, 3.63) is 16.1 Å². The normalized spacial score (nSPS) is 18.8. The molecule has 15 heavy (non-hydrogen) atoms. The molecule has 0 N–H and O–H groups in total. The summed E-state index contributed by atoms with van der Waals surface area (Å²) in [6.07, 6.45) is 5.38. The third kappa shape index (κ3) is 2.71. The number of thiazole rings is 1. The molecular formula is C11H16ClNOS. The van der Waals surface area contributed by atoms with E-state index < -0.39 is 0 Å². The first-order valence-corrected chi connectivity index (χ1v) is 6.90. The Morgan fingerprint density at radius 2 is 2.47 bits per heavy atom. The average molecular weight is 246 g/mol. The van der Waals surface area contributed by atoms with Gasteiger partial charge < -0.3 is 4.74 Å². The Hall–Kier alpha value is -0.120. The van der Waals surface area contributed by atoms with E-state index in [4.69, 9.17) is 16.3 Å². The van der Waals surface area contributed by atoms with Gasteiger partial charge in [0.2, 0.25) is 0 Å². The Labute approximate surface area is 99.6 Å². The van der Waals surface area contributed by atoms with Crippen LogP contribution in [0.3, 0.4) is 0 Å². The lowest BCUT2D eigenvalue weighted by Gasteiger charge is -2.29. The third-order valence-corrected chi connectivity index (χ3v) is 4.02. The van der Waals surface area contributed by atoms with E-state index in [-0.39, 0.29) is 6.10 Å². The van der Waals surface area contributed by atoms with Crippen molar-refractivity contribution < 1.29 is 4.74 Å². The largest absolute Gasteiger partial charge is 0.368 e. The molecule has 84 valence electrons. The van der Waals surface area contributed by atoms with Crippen LogP contribution in [-0.4, -0.2) is 11.1 Å². The van der Waals surface area contributed by atoms with E-state index in [1.54, 1.807) is 11.3 Å². The number of alkyl halides is 1. The van der Waals surface area contributed by atoms with Crippen molar-refractivity contribution in [3.63, 3.8) is 0 Å². The van der Waals surface area contributed by atoms with E-state index >= 15 is 0 Å². The van der Waals surface area contributed by atoms with E-state index in [0.29, 0.717) is 12.0 Å². The Bertz CT molecular complexity index is 311. The summed E-state index contributed by atoms with van der Waals surface area (Å²) in [4.78, 5) is 4.47. The van der Waals surface area contributed by atoms with Gasteiger partial charge in [-0.1, -0.05) is 6.92 Å². The van der Waals surface area contributed by atoms with Crippen LogP contribution in [0.1, 0.15) is 49.4 Å². The first-order chi connectivity index (χ1) is 7.33. The van der Waals surface area contributed by atoms with Gasteiger partial charge in [0, 0.05) is 5.38 Å². The van der Waals surface area contributed by atoms with Gasteiger partial charge >= 0.3 is 0 Å². The summed E-state index contributed by atoms with van der Waals surface area (Å²) in [7, 11) is 0. The molecule has 1 aliphatic carbocycles. The number of nitrogens with zero attached hydrogens (tertiary/aromatic N) is 1. The maximum atomic E-state index is 5.98. The minimum atomic E-state index is 0.178. The minimum absolute atomic E-state index is 0.178. The highest BCUT2D eigenvalue weighted by Crippen LogP contribution is 2.32. The predicted molar refractivity (Wildman–Crippen MR) is 63.4 cm³/mol. The highest BCUT2D eigenvalue weighted by molar-refractivity contribution is 7.09. The molecule has 1 atom stereocenters. The van der Waals surface area contributed by atoms with Crippen molar-refractivity contribution in [2.75, 3.05) is 0 Å². The maximum Gasteiger partial charge on any atom is 0.122 e. The molecule has 0 amide bonds. The summed E-state index contributed by atoms with van der Waals surface area (Å²) in [5.41, 5.74) is 0.965. The number of hydrogen-bond acceptors (Lipinski definition) is 3. The summed E-state index contributed by atoms with van der Waals surface area (Å²) in [6.45, 7) is 2.14. The molecule has 0 radical (unpaired) electrons. The molecule has 2 nitrogen and oxygen atoms in total. The second-order valence-electron chi connectivity index (χ2n) is 3.90. The molecule has 1 heterocycles. The molecule has 0 saturated heterocycles. The van der Waals surface area contributed by atoms with E-state index in [1.807, 2.05) is 5.38 Å². The van der Waals surface area contributed by atoms with Crippen LogP contribution in [0.15, 0.2) is 5.38 Å². The van der Waals surface area contributed by atoms with Crippen molar-refractivity contribution in [2.24, 2.45) is 0 Å². The Morgan fingerprint density at radius 1 is 1.67 bits per heavy atom. The summed E-state index contributed by atoms with van der Waals surface area (Å²) in [6, 6.07) is 0. The second kappa shape index (κ2) is 5.28. The molecular weight excluding hydrogens is 230 g/mol. The minimum Gasteiger partial charge on any atom is -0.368 e. The van der Waals surface area contributed by atoms with Gasteiger partial charge in [0.05, 0.1) is 17.7 Å². The van der Waals surface area contributed by atoms with Gasteiger partial charge in [0.15, 0.2) is 0 Å². The van der Waals surface area contributed by atoms with Gasteiger partial charge in [0.1, 0.15) is 11.1 Å². The monoisotopic (exact) mass is 245 g/mol. The van der Waals surface area contributed by atoms with Crippen molar-refractivity contribution in [1.29, 1.82) is 0 Å².